The normalized spacial score (nSPS) is 12.1. The van der Waals surface area contributed by atoms with Gasteiger partial charge in [0.2, 0.25) is 0 Å². The second kappa shape index (κ2) is 7.60. The Morgan fingerprint density at radius 1 is 1.15 bits per heavy atom. The maximum Gasteiger partial charge on any atom is 0.149 e. The highest BCUT2D eigenvalue weighted by Gasteiger charge is 2.16. The second-order valence-corrected chi connectivity index (χ2v) is 4.50. The van der Waals surface area contributed by atoms with Crippen LogP contribution in [0.4, 0.5) is 0 Å². The fourth-order valence-corrected chi connectivity index (χ4v) is 2.06. The topological polar surface area (TPSA) is 47.0 Å². The number of nitrogens with zero attached hydrogens (tertiary/aromatic N) is 2. The van der Waals surface area contributed by atoms with Crippen molar-refractivity contribution in [1.29, 1.82) is 0 Å². The van der Waals surface area contributed by atoms with E-state index in [1.54, 1.807) is 12.4 Å². The van der Waals surface area contributed by atoms with Crippen molar-refractivity contribution < 1.29 is 4.74 Å². The van der Waals surface area contributed by atoms with Gasteiger partial charge in [0.05, 0.1) is 12.6 Å². The number of hydrogen-bond acceptors (Lipinski definition) is 4. The number of benzene rings is 1. The standard InChI is InChI=1S/C16H21N3O/c1-3-9-17-15(16-18-10-6-11-19-16)13-7-5-8-14(12-13)20-4-2/h5-8,10-12,15,17H,3-4,9H2,1-2H3. The van der Waals surface area contributed by atoms with E-state index in [1.807, 2.05) is 31.2 Å². The molecule has 0 aliphatic heterocycles. The van der Waals surface area contributed by atoms with Crippen molar-refractivity contribution in [3.8, 4) is 5.75 Å². The minimum Gasteiger partial charge on any atom is -0.494 e. The minimum absolute atomic E-state index is 0.00319. The van der Waals surface area contributed by atoms with Crippen LogP contribution in [0, 0.1) is 0 Å². The van der Waals surface area contributed by atoms with E-state index in [2.05, 4.69) is 28.3 Å². The molecule has 0 aliphatic rings. The molecule has 1 heterocycles. The Balaban J connectivity index is 2.28. The van der Waals surface area contributed by atoms with Crippen molar-refractivity contribution in [2.45, 2.75) is 26.3 Å². The van der Waals surface area contributed by atoms with E-state index < -0.39 is 0 Å². The highest BCUT2D eigenvalue weighted by atomic mass is 16.5. The van der Waals surface area contributed by atoms with Crippen molar-refractivity contribution in [2.75, 3.05) is 13.2 Å². The van der Waals surface area contributed by atoms with Gasteiger partial charge in [0.1, 0.15) is 11.6 Å². The summed E-state index contributed by atoms with van der Waals surface area (Å²) in [6.45, 7) is 5.71. The largest absolute Gasteiger partial charge is 0.494 e. The average Bonchev–Trinajstić information content (AvgIpc) is 2.50. The molecule has 1 aromatic carbocycles. The Kier molecular flexibility index (Phi) is 5.50. The molecule has 4 heteroatoms. The molecule has 4 nitrogen and oxygen atoms in total. The zero-order valence-electron chi connectivity index (χ0n) is 12.0. The Morgan fingerprint density at radius 2 is 1.95 bits per heavy atom. The lowest BCUT2D eigenvalue weighted by Crippen LogP contribution is -2.25. The van der Waals surface area contributed by atoms with Gasteiger partial charge in [-0.05, 0) is 43.7 Å². The molecule has 1 atom stereocenters. The molecule has 0 fully saturated rings. The number of aromatic nitrogens is 2. The minimum atomic E-state index is -0.00319. The summed E-state index contributed by atoms with van der Waals surface area (Å²) in [5.41, 5.74) is 1.12. The molecule has 0 aliphatic carbocycles. The van der Waals surface area contributed by atoms with E-state index in [-0.39, 0.29) is 6.04 Å². The molecule has 0 amide bonds. The van der Waals surface area contributed by atoms with Crippen LogP contribution >= 0.6 is 0 Å². The summed E-state index contributed by atoms with van der Waals surface area (Å²) < 4.78 is 5.57. The van der Waals surface area contributed by atoms with E-state index in [4.69, 9.17) is 4.74 Å². The van der Waals surface area contributed by atoms with Gasteiger partial charge in [-0.2, -0.15) is 0 Å². The maximum atomic E-state index is 5.57. The van der Waals surface area contributed by atoms with Crippen molar-refractivity contribution in [2.24, 2.45) is 0 Å². The highest BCUT2D eigenvalue weighted by molar-refractivity contribution is 5.33. The summed E-state index contributed by atoms with van der Waals surface area (Å²) in [7, 11) is 0. The van der Waals surface area contributed by atoms with Crippen LogP contribution in [-0.4, -0.2) is 23.1 Å². The Labute approximate surface area is 120 Å². The smallest absolute Gasteiger partial charge is 0.149 e. The first-order chi connectivity index (χ1) is 9.85. The summed E-state index contributed by atoms with van der Waals surface area (Å²) in [6.07, 6.45) is 4.61. The van der Waals surface area contributed by atoms with E-state index in [0.29, 0.717) is 6.61 Å². The molecule has 0 saturated heterocycles. The Hall–Kier alpha value is -1.94. The molecule has 1 unspecified atom stereocenters. The first-order valence-corrected chi connectivity index (χ1v) is 7.08. The molecule has 0 bridgehead atoms. The molecule has 20 heavy (non-hydrogen) atoms. The first kappa shape index (κ1) is 14.5. The Bertz CT molecular complexity index is 516. The molecule has 2 rings (SSSR count). The molecule has 1 N–H and O–H groups in total. The molecule has 1 aromatic heterocycles. The predicted octanol–water partition coefficient (Wildman–Crippen LogP) is 2.96. The zero-order valence-corrected chi connectivity index (χ0v) is 12.0. The molecular formula is C16H21N3O. The lowest BCUT2D eigenvalue weighted by Gasteiger charge is -2.18. The van der Waals surface area contributed by atoms with Crippen LogP contribution in [0.25, 0.3) is 0 Å². The molecule has 2 aromatic rings. The van der Waals surface area contributed by atoms with Gasteiger partial charge in [-0.25, -0.2) is 9.97 Å². The van der Waals surface area contributed by atoms with Crippen LogP contribution in [0.1, 0.15) is 37.7 Å². The summed E-state index contributed by atoms with van der Waals surface area (Å²) in [5, 5.41) is 3.49. The fourth-order valence-electron chi connectivity index (χ4n) is 2.06. The van der Waals surface area contributed by atoms with Crippen molar-refractivity contribution in [1.82, 2.24) is 15.3 Å². The number of nitrogens with one attached hydrogen (secondary N) is 1. The van der Waals surface area contributed by atoms with Gasteiger partial charge in [0, 0.05) is 12.4 Å². The van der Waals surface area contributed by atoms with Gasteiger partial charge in [0.25, 0.3) is 0 Å². The summed E-state index contributed by atoms with van der Waals surface area (Å²) >= 11 is 0. The van der Waals surface area contributed by atoms with Gasteiger partial charge in [-0.3, -0.25) is 0 Å². The van der Waals surface area contributed by atoms with Crippen LogP contribution in [0.15, 0.2) is 42.7 Å². The number of rotatable bonds is 7. The average molecular weight is 271 g/mol. The van der Waals surface area contributed by atoms with Crippen molar-refractivity contribution in [3.05, 3.63) is 54.1 Å². The summed E-state index contributed by atoms with van der Waals surface area (Å²) in [5.74, 6) is 1.67. The third-order valence-electron chi connectivity index (χ3n) is 2.94. The van der Waals surface area contributed by atoms with Crippen molar-refractivity contribution >= 4 is 0 Å². The van der Waals surface area contributed by atoms with Gasteiger partial charge in [0.15, 0.2) is 0 Å². The van der Waals surface area contributed by atoms with E-state index in [0.717, 1.165) is 30.1 Å². The fraction of sp³-hybridized carbons (Fsp3) is 0.375. The van der Waals surface area contributed by atoms with Crippen LogP contribution in [0.5, 0.6) is 5.75 Å². The third-order valence-corrected chi connectivity index (χ3v) is 2.94. The summed E-state index contributed by atoms with van der Waals surface area (Å²) in [6, 6.07) is 9.92. The molecule has 106 valence electrons. The quantitative estimate of drug-likeness (QED) is 0.841. The predicted molar refractivity (Wildman–Crippen MR) is 79.8 cm³/mol. The van der Waals surface area contributed by atoms with Crippen LogP contribution in [-0.2, 0) is 0 Å². The van der Waals surface area contributed by atoms with Gasteiger partial charge < -0.3 is 10.1 Å². The van der Waals surface area contributed by atoms with E-state index >= 15 is 0 Å². The lowest BCUT2D eigenvalue weighted by molar-refractivity contribution is 0.339. The molecule has 0 saturated carbocycles. The van der Waals surface area contributed by atoms with Gasteiger partial charge >= 0.3 is 0 Å². The zero-order chi connectivity index (χ0) is 14.2. The summed E-state index contributed by atoms with van der Waals surface area (Å²) in [4.78, 5) is 8.74. The van der Waals surface area contributed by atoms with Crippen LogP contribution in [0.3, 0.4) is 0 Å². The van der Waals surface area contributed by atoms with E-state index in [1.165, 1.54) is 0 Å². The van der Waals surface area contributed by atoms with Gasteiger partial charge in [-0.1, -0.05) is 19.1 Å². The number of ether oxygens (including phenoxy) is 1. The highest BCUT2D eigenvalue weighted by Crippen LogP contribution is 2.23. The second-order valence-electron chi connectivity index (χ2n) is 4.50. The van der Waals surface area contributed by atoms with E-state index in [9.17, 15) is 0 Å². The van der Waals surface area contributed by atoms with Gasteiger partial charge in [-0.15, -0.1) is 0 Å². The third kappa shape index (κ3) is 3.78. The molecule has 0 radical (unpaired) electrons. The lowest BCUT2D eigenvalue weighted by atomic mass is 10.1. The SMILES string of the molecule is CCCNC(c1cccc(OCC)c1)c1ncccn1. The molecular weight excluding hydrogens is 250 g/mol. The first-order valence-electron chi connectivity index (χ1n) is 7.08. The number of hydrogen-bond donors (Lipinski definition) is 1. The van der Waals surface area contributed by atoms with Crippen molar-refractivity contribution in [3.63, 3.8) is 0 Å². The maximum absolute atomic E-state index is 5.57. The monoisotopic (exact) mass is 271 g/mol. The van der Waals surface area contributed by atoms with Crippen LogP contribution < -0.4 is 10.1 Å². The van der Waals surface area contributed by atoms with Crippen LogP contribution in [0.2, 0.25) is 0 Å². The Morgan fingerprint density at radius 3 is 2.65 bits per heavy atom. The molecule has 0 spiro atoms.